The van der Waals surface area contributed by atoms with Gasteiger partial charge in [0.05, 0.1) is 9.82 Å². The summed E-state index contributed by atoms with van der Waals surface area (Å²) in [4.78, 5) is 10.2. The molecule has 2 N–H and O–H groups in total. The lowest BCUT2D eigenvalue weighted by molar-refractivity contribution is -0.384. The number of nitro groups is 1. The molecule has 0 aliphatic heterocycles. The molecule has 0 heterocycles. The van der Waals surface area contributed by atoms with E-state index in [1.807, 2.05) is 0 Å². The van der Waals surface area contributed by atoms with Gasteiger partial charge in [0.15, 0.2) is 0 Å². The van der Waals surface area contributed by atoms with Crippen LogP contribution in [0.1, 0.15) is 0 Å². The monoisotopic (exact) mass is 307 g/mol. The third kappa shape index (κ3) is 3.29. The predicted molar refractivity (Wildman–Crippen MR) is 79.9 cm³/mol. The van der Waals surface area contributed by atoms with E-state index in [9.17, 15) is 18.5 Å². The van der Waals surface area contributed by atoms with Crippen LogP contribution in [0.15, 0.2) is 53.4 Å². The first-order valence-corrected chi connectivity index (χ1v) is 7.46. The van der Waals surface area contributed by atoms with E-state index in [4.69, 9.17) is 0 Å². The summed E-state index contributed by atoms with van der Waals surface area (Å²) in [5.41, 5.74) is 0.338. The molecule has 0 saturated carbocycles. The number of nitro benzene ring substituents is 1. The maximum absolute atomic E-state index is 12.2. The molecule has 110 valence electrons. The molecule has 0 radical (unpaired) electrons. The highest BCUT2D eigenvalue weighted by molar-refractivity contribution is 7.92. The molecule has 0 atom stereocenters. The van der Waals surface area contributed by atoms with Crippen LogP contribution in [0.4, 0.5) is 17.1 Å². The molecule has 0 aliphatic carbocycles. The topological polar surface area (TPSA) is 101 Å². The molecule has 2 aromatic carbocycles. The van der Waals surface area contributed by atoms with Crippen LogP contribution in [0.25, 0.3) is 0 Å². The number of rotatable bonds is 5. The fourth-order valence-electron chi connectivity index (χ4n) is 1.76. The van der Waals surface area contributed by atoms with Crippen LogP contribution in [-0.4, -0.2) is 20.4 Å². The lowest BCUT2D eigenvalue weighted by Crippen LogP contribution is -2.13. The first-order chi connectivity index (χ1) is 9.94. The van der Waals surface area contributed by atoms with Crippen molar-refractivity contribution in [2.75, 3.05) is 17.1 Å². The number of para-hydroxylation sites is 1. The summed E-state index contributed by atoms with van der Waals surface area (Å²) >= 11 is 0. The van der Waals surface area contributed by atoms with Gasteiger partial charge in [0, 0.05) is 18.8 Å². The molecule has 2 rings (SSSR count). The van der Waals surface area contributed by atoms with Crippen LogP contribution in [0, 0.1) is 10.1 Å². The van der Waals surface area contributed by atoms with Gasteiger partial charge < -0.3 is 5.32 Å². The number of nitrogens with one attached hydrogen (secondary N) is 2. The fraction of sp³-hybridized carbons (Fsp3) is 0.0769. The summed E-state index contributed by atoms with van der Waals surface area (Å²) in [5.74, 6) is 0. The first kappa shape index (κ1) is 14.8. The number of nitrogens with zero attached hydrogens (tertiary/aromatic N) is 1. The molecular formula is C13H13N3O4S. The van der Waals surface area contributed by atoms with Crippen LogP contribution in [0.3, 0.4) is 0 Å². The maximum Gasteiger partial charge on any atom is 0.293 e. The van der Waals surface area contributed by atoms with E-state index in [1.54, 1.807) is 30.3 Å². The second-order valence-corrected chi connectivity index (χ2v) is 5.84. The van der Waals surface area contributed by atoms with Crippen molar-refractivity contribution in [3.05, 3.63) is 58.6 Å². The van der Waals surface area contributed by atoms with Crippen LogP contribution in [0.5, 0.6) is 0 Å². The SMILES string of the molecule is CNc1ccc(S(=O)(=O)Nc2ccccc2)cc1[N+](=O)[O-]. The van der Waals surface area contributed by atoms with Crippen molar-refractivity contribution in [2.24, 2.45) is 0 Å². The van der Waals surface area contributed by atoms with Crippen LogP contribution in [-0.2, 0) is 10.0 Å². The lowest BCUT2D eigenvalue weighted by atomic mass is 10.3. The largest absolute Gasteiger partial charge is 0.383 e. The van der Waals surface area contributed by atoms with Gasteiger partial charge in [-0.1, -0.05) is 18.2 Å². The number of hydrogen-bond acceptors (Lipinski definition) is 5. The number of hydrogen-bond donors (Lipinski definition) is 2. The Labute approximate surface area is 121 Å². The van der Waals surface area contributed by atoms with Crippen molar-refractivity contribution in [3.63, 3.8) is 0 Å². The van der Waals surface area contributed by atoms with Gasteiger partial charge in [-0.2, -0.15) is 0 Å². The molecule has 2 aromatic rings. The maximum atomic E-state index is 12.2. The Morgan fingerprint density at radius 3 is 2.33 bits per heavy atom. The zero-order chi connectivity index (χ0) is 15.5. The Morgan fingerprint density at radius 1 is 1.10 bits per heavy atom. The van der Waals surface area contributed by atoms with Gasteiger partial charge in [0.1, 0.15) is 5.69 Å². The van der Waals surface area contributed by atoms with Gasteiger partial charge in [0.2, 0.25) is 0 Å². The normalized spacial score (nSPS) is 10.9. The standard InChI is InChI=1S/C13H13N3O4S/c1-14-12-8-7-11(9-13(12)16(17)18)21(19,20)15-10-5-3-2-4-6-10/h2-9,14-15H,1H3. The Morgan fingerprint density at radius 2 is 1.76 bits per heavy atom. The Hall–Kier alpha value is -2.61. The van der Waals surface area contributed by atoms with Crippen LogP contribution in [0.2, 0.25) is 0 Å². The zero-order valence-electron chi connectivity index (χ0n) is 11.1. The van der Waals surface area contributed by atoms with Gasteiger partial charge in [0.25, 0.3) is 15.7 Å². The molecule has 8 heteroatoms. The molecule has 0 aliphatic rings. The molecular weight excluding hydrogens is 294 g/mol. The minimum Gasteiger partial charge on any atom is -0.383 e. The first-order valence-electron chi connectivity index (χ1n) is 5.98. The van der Waals surface area contributed by atoms with Gasteiger partial charge in [-0.3, -0.25) is 14.8 Å². The summed E-state index contributed by atoms with van der Waals surface area (Å²) in [6.07, 6.45) is 0. The van der Waals surface area contributed by atoms with Crippen molar-refractivity contribution >= 4 is 27.1 Å². The van der Waals surface area contributed by atoms with E-state index in [0.717, 1.165) is 6.07 Å². The summed E-state index contributed by atoms with van der Waals surface area (Å²) in [5, 5.41) is 13.6. The average Bonchev–Trinajstić information content (AvgIpc) is 2.47. The minimum atomic E-state index is -3.88. The van der Waals surface area contributed by atoms with E-state index in [1.165, 1.54) is 19.2 Å². The Bertz CT molecular complexity index is 760. The summed E-state index contributed by atoms with van der Waals surface area (Å²) in [7, 11) is -2.35. The van der Waals surface area contributed by atoms with Crippen molar-refractivity contribution in [1.82, 2.24) is 0 Å². The molecule has 7 nitrogen and oxygen atoms in total. The molecule has 21 heavy (non-hydrogen) atoms. The molecule has 0 saturated heterocycles. The molecule has 0 fully saturated rings. The van der Waals surface area contributed by atoms with Gasteiger partial charge >= 0.3 is 0 Å². The Balaban J connectivity index is 2.41. The third-order valence-corrected chi connectivity index (χ3v) is 4.15. The minimum absolute atomic E-state index is 0.169. The van der Waals surface area contributed by atoms with Crippen molar-refractivity contribution in [2.45, 2.75) is 4.90 Å². The second kappa shape index (κ2) is 5.80. The van der Waals surface area contributed by atoms with E-state index in [2.05, 4.69) is 10.0 Å². The number of sulfonamides is 1. The Kier molecular flexibility index (Phi) is 4.08. The highest BCUT2D eigenvalue weighted by Gasteiger charge is 2.20. The van der Waals surface area contributed by atoms with E-state index in [0.29, 0.717) is 5.69 Å². The van der Waals surface area contributed by atoms with Crippen LogP contribution >= 0.6 is 0 Å². The summed E-state index contributed by atoms with van der Waals surface area (Å²) < 4.78 is 26.8. The van der Waals surface area contributed by atoms with E-state index >= 15 is 0 Å². The third-order valence-electron chi connectivity index (χ3n) is 2.77. The zero-order valence-corrected chi connectivity index (χ0v) is 11.9. The summed E-state index contributed by atoms with van der Waals surface area (Å²) in [6.45, 7) is 0. The van der Waals surface area contributed by atoms with Gasteiger partial charge in [-0.05, 0) is 24.3 Å². The highest BCUT2D eigenvalue weighted by Crippen LogP contribution is 2.28. The fourth-order valence-corrected chi connectivity index (χ4v) is 2.84. The summed E-state index contributed by atoms with van der Waals surface area (Å²) in [6, 6.07) is 12.0. The lowest BCUT2D eigenvalue weighted by Gasteiger charge is -2.09. The van der Waals surface area contributed by atoms with E-state index < -0.39 is 14.9 Å². The van der Waals surface area contributed by atoms with E-state index in [-0.39, 0.29) is 16.3 Å². The van der Waals surface area contributed by atoms with Gasteiger partial charge in [-0.15, -0.1) is 0 Å². The smallest absolute Gasteiger partial charge is 0.293 e. The van der Waals surface area contributed by atoms with Crippen LogP contribution < -0.4 is 10.0 Å². The molecule has 0 spiro atoms. The molecule has 0 bridgehead atoms. The molecule has 0 aromatic heterocycles. The van der Waals surface area contributed by atoms with Gasteiger partial charge in [-0.25, -0.2) is 8.42 Å². The second-order valence-electron chi connectivity index (χ2n) is 4.16. The van der Waals surface area contributed by atoms with Crippen molar-refractivity contribution in [3.8, 4) is 0 Å². The quantitative estimate of drug-likeness (QED) is 0.652. The average molecular weight is 307 g/mol. The molecule has 0 unspecified atom stereocenters. The van der Waals surface area contributed by atoms with Crippen molar-refractivity contribution in [1.29, 1.82) is 0 Å². The predicted octanol–water partition coefficient (Wildman–Crippen LogP) is 2.44. The number of benzene rings is 2. The van der Waals surface area contributed by atoms with Crippen molar-refractivity contribution < 1.29 is 13.3 Å². The number of anilines is 2. The highest BCUT2D eigenvalue weighted by atomic mass is 32.2. The molecule has 0 amide bonds.